The summed E-state index contributed by atoms with van der Waals surface area (Å²) in [6.07, 6.45) is 1.69. The third-order valence-electron chi connectivity index (χ3n) is 1.49. The Morgan fingerprint density at radius 3 is 2.92 bits per heavy atom. The van der Waals surface area contributed by atoms with Gasteiger partial charge in [-0.05, 0) is 24.6 Å². The van der Waals surface area contributed by atoms with E-state index < -0.39 is 0 Å². The monoisotopic (exact) mass is 165 g/mol. The Hall–Kier alpha value is -0.960. The van der Waals surface area contributed by atoms with Gasteiger partial charge in [0.25, 0.3) is 0 Å². The Labute approximate surface area is 73.2 Å². The molecule has 0 aliphatic heterocycles. The molecule has 0 spiro atoms. The van der Waals surface area contributed by atoms with E-state index >= 15 is 0 Å². The van der Waals surface area contributed by atoms with Crippen LogP contribution in [0.3, 0.4) is 0 Å². The molecule has 0 radical (unpaired) electrons. The van der Waals surface area contributed by atoms with Crippen molar-refractivity contribution >= 4 is 0 Å². The van der Waals surface area contributed by atoms with E-state index in [-0.39, 0.29) is 0 Å². The molecule has 0 saturated heterocycles. The predicted octanol–water partition coefficient (Wildman–Crippen LogP) is 1.22. The smallest absolute Gasteiger partial charge is 0.0768 e. The highest BCUT2D eigenvalue weighted by Crippen LogP contribution is 1.92. The van der Waals surface area contributed by atoms with Crippen LogP contribution in [0.4, 0.5) is 0 Å². The molecule has 0 aliphatic carbocycles. The molecule has 1 aromatic heterocycles. The highest BCUT2D eigenvalue weighted by atomic mass is 15.1. The van der Waals surface area contributed by atoms with Crippen LogP contribution in [0.5, 0.6) is 0 Å². The van der Waals surface area contributed by atoms with E-state index in [2.05, 4.69) is 29.4 Å². The summed E-state index contributed by atoms with van der Waals surface area (Å²) in [7, 11) is 0. The van der Waals surface area contributed by atoms with E-state index in [0.717, 1.165) is 18.8 Å². The van der Waals surface area contributed by atoms with Gasteiger partial charge in [-0.2, -0.15) is 10.2 Å². The van der Waals surface area contributed by atoms with Crippen LogP contribution in [0, 0.1) is 5.92 Å². The lowest BCUT2D eigenvalue weighted by Gasteiger charge is -2.05. The Kier molecular flexibility index (Phi) is 3.67. The molecule has 0 atom stereocenters. The minimum Gasteiger partial charge on any atom is -0.311 e. The van der Waals surface area contributed by atoms with Gasteiger partial charge in [0, 0.05) is 12.7 Å². The van der Waals surface area contributed by atoms with Gasteiger partial charge in [-0.1, -0.05) is 13.8 Å². The molecule has 0 fully saturated rings. The lowest BCUT2D eigenvalue weighted by atomic mass is 10.2. The lowest BCUT2D eigenvalue weighted by Crippen LogP contribution is -2.19. The summed E-state index contributed by atoms with van der Waals surface area (Å²) < 4.78 is 0. The van der Waals surface area contributed by atoms with Gasteiger partial charge in [0.1, 0.15) is 0 Å². The van der Waals surface area contributed by atoms with E-state index in [1.165, 1.54) is 0 Å². The number of hydrogen-bond acceptors (Lipinski definition) is 3. The van der Waals surface area contributed by atoms with Crippen LogP contribution in [0.1, 0.15) is 19.5 Å². The molecule has 0 amide bonds. The van der Waals surface area contributed by atoms with Crippen molar-refractivity contribution in [2.24, 2.45) is 5.92 Å². The maximum absolute atomic E-state index is 3.96. The third-order valence-corrected chi connectivity index (χ3v) is 1.49. The van der Waals surface area contributed by atoms with Crippen LogP contribution in [0.25, 0.3) is 0 Å². The summed E-state index contributed by atoms with van der Waals surface area (Å²) >= 11 is 0. The second-order valence-corrected chi connectivity index (χ2v) is 3.24. The van der Waals surface area contributed by atoms with Gasteiger partial charge in [-0.15, -0.1) is 0 Å². The average molecular weight is 165 g/mol. The zero-order valence-electron chi connectivity index (χ0n) is 7.62. The van der Waals surface area contributed by atoms with Crippen LogP contribution in [-0.2, 0) is 6.54 Å². The summed E-state index contributed by atoms with van der Waals surface area (Å²) in [4.78, 5) is 0. The first-order valence-corrected chi connectivity index (χ1v) is 4.26. The summed E-state index contributed by atoms with van der Waals surface area (Å²) in [6.45, 7) is 6.20. The molecule has 0 saturated carbocycles. The summed E-state index contributed by atoms with van der Waals surface area (Å²) in [5.74, 6) is 0.682. The van der Waals surface area contributed by atoms with Crippen LogP contribution >= 0.6 is 0 Å². The fraction of sp³-hybridized carbons (Fsp3) is 0.556. The number of aromatic nitrogens is 2. The van der Waals surface area contributed by atoms with Crippen molar-refractivity contribution in [3.05, 3.63) is 24.0 Å². The second kappa shape index (κ2) is 4.83. The van der Waals surface area contributed by atoms with Crippen LogP contribution in [0.2, 0.25) is 0 Å². The Morgan fingerprint density at radius 2 is 2.33 bits per heavy atom. The predicted molar refractivity (Wildman–Crippen MR) is 48.6 cm³/mol. The summed E-state index contributed by atoms with van der Waals surface area (Å²) in [5.41, 5.74) is 0.998. The van der Waals surface area contributed by atoms with Crippen molar-refractivity contribution in [1.29, 1.82) is 0 Å². The van der Waals surface area contributed by atoms with E-state index in [1.807, 2.05) is 12.1 Å². The standard InChI is InChI=1S/C9H15N3/c1-8(2)6-10-7-9-4-3-5-11-12-9/h3-5,8,10H,6-7H2,1-2H3. The van der Waals surface area contributed by atoms with Crippen molar-refractivity contribution in [2.45, 2.75) is 20.4 Å². The molecule has 0 bridgehead atoms. The van der Waals surface area contributed by atoms with Crippen molar-refractivity contribution in [2.75, 3.05) is 6.54 Å². The minimum atomic E-state index is 0.682. The normalized spacial score (nSPS) is 10.6. The molecule has 66 valence electrons. The zero-order valence-corrected chi connectivity index (χ0v) is 7.62. The van der Waals surface area contributed by atoms with Crippen molar-refractivity contribution in [3.63, 3.8) is 0 Å². The molecule has 1 heterocycles. The largest absolute Gasteiger partial charge is 0.311 e. The first-order valence-electron chi connectivity index (χ1n) is 4.26. The first-order chi connectivity index (χ1) is 5.79. The summed E-state index contributed by atoms with van der Waals surface area (Å²) in [5, 5.41) is 11.1. The SMILES string of the molecule is CC(C)CNCc1cccnn1. The fourth-order valence-electron chi connectivity index (χ4n) is 0.917. The Balaban J connectivity index is 2.25. The van der Waals surface area contributed by atoms with Gasteiger partial charge in [0.05, 0.1) is 5.69 Å². The van der Waals surface area contributed by atoms with E-state index in [9.17, 15) is 0 Å². The van der Waals surface area contributed by atoms with Crippen LogP contribution in [0.15, 0.2) is 18.3 Å². The van der Waals surface area contributed by atoms with Gasteiger partial charge in [0.2, 0.25) is 0 Å². The molecular formula is C9H15N3. The Morgan fingerprint density at radius 1 is 1.50 bits per heavy atom. The van der Waals surface area contributed by atoms with Crippen LogP contribution in [-0.4, -0.2) is 16.7 Å². The lowest BCUT2D eigenvalue weighted by molar-refractivity contribution is 0.546. The molecule has 3 heteroatoms. The number of hydrogen-bond donors (Lipinski definition) is 1. The molecular weight excluding hydrogens is 150 g/mol. The Bertz CT molecular complexity index is 208. The molecule has 12 heavy (non-hydrogen) atoms. The number of rotatable bonds is 4. The van der Waals surface area contributed by atoms with E-state index in [1.54, 1.807) is 6.20 Å². The van der Waals surface area contributed by atoms with Gasteiger partial charge < -0.3 is 5.32 Å². The van der Waals surface area contributed by atoms with Gasteiger partial charge in [-0.25, -0.2) is 0 Å². The zero-order chi connectivity index (χ0) is 8.81. The number of nitrogens with zero attached hydrogens (tertiary/aromatic N) is 2. The quantitative estimate of drug-likeness (QED) is 0.729. The molecule has 1 N–H and O–H groups in total. The number of nitrogens with one attached hydrogen (secondary N) is 1. The highest BCUT2D eigenvalue weighted by molar-refractivity contribution is 4.98. The average Bonchev–Trinajstić information content (AvgIpc) is 2.05. The van der Waals surface area contributed by atoms with Gasteiger partial charge in [0.15, 0.2) is 0 Å². The third kappa shape index (κ3) is 3.44. The molecule has 0 aromatic carbocycles. The van der Waals surface area contributed by atoms with Crippen molar-refractivity contribution in [1.82, 2.24) is 15.5 Å². The molecule has 0 unspecified atom stereocenters. The maximum Gasteiger partial charge on any atom is 0.0768 e. The van der Waals surface area contributed by atoms with Crippen molar-refractivity contribution < 1.29 is 0 Å². The van der Waals surface area contributed by atoms with E-state index in [4.69, 9.17) is 0 Å². The highest BCUT2D eigenvalue weighted by Gasteiger charge is 1.94. The first kappa shape index (κ1) is 9.13. The molecule has 1 rings (SSSR count). The minimum absolute atomic E-state index is 0.682. The maximum atomic E-state index is 3.96. The summed E-state index contributed by atoms with van der Waals surface area (Å²) in [6, 6.07) is 3.87. The fourth-order valence-corrected chi connectivity index (χ4v) is 0.917. The van der Waals surface area contributed by atoms with E-state index in [0.29, 0.717) is 5.92 Å². The topological polar surface area (TPSA) is 37.8 Å². The van der Waals surface area contributed by atoms with Gasteiger partial charge in [-0.3, -0.25) is 0 Å². The second-order valence-electron chi connectivity index (χ2n) is 3.24. The van der Waals surface area contributed by atoms with Crippen molar-refractivity contribution in [3.8, 4) is 0 Å². The molecule has 3 nitrogen and oxygen atoms in total. The van der Waals surface area contributed by atoms with Crippen LogP contribution < -0.4 is 5.32 Å². The van der Waals surface area contributed by atoms with Gasteiger partial charge >= 0.3 is 0 Å². The molecule has 1 aromatic rings. The molecule has 0 aliphatic rings.